The van der Waals surface area contributed by atoms with Crippen molar-refractivity contribution in [3.63, 3.8) is 0 Å². The van der Waals surface area contributed by atoms with E-state index in [-0.39, 0.29) is 5.41 Å². The molecular weight excluding hydrogens is 198 g/mol. The van der Waals surface area contributed by atoms with Crippen molar-refractivity contribution in [3.05, 3.63) is 23.9 Å². The van der Waals surface area contributed by atoms with Crippen LogP contribution in [-0.2, 0) is 0 Å². The second-order valence-corrected chi connectivity index (χ2v) is 5.30. The Labute approximate surface area is 98.5 Å². The van der Waals surface area contributed by atoms with Crippen LogP contribution in [0.25, 0.3) is 0 Å². The molecular formula is C13H23N3. The number of pyridine rings is 1. The molecule has 90 valence electrons. The van der Waals surface area contributed by atoms with Gasteiger partial charge in [0.15, 0.2) is 0 Å². The lowest BCUT2D eigenvalue weighted by molar-refractivity contribution is 0.328. The third kappa shape index (κ3) is 3.81. The fourth-order valence-electron chi connectivity index (χ4n) is 1.69. The van der Waals surface area contributed by atoms with E-state index in [4.69, 9.17) is 5.73 Å². The lowest BCUT2D eigenvalue weighted by Crippen LogP contribution is -2.36. The molecule has 0 aliphatic rings. The summed E-state index contributed by atoms with van der Waals surface area (Å²) in [6.45, 7) is 9.35. The Bertz CT molecular complexity index is 328. The van der Waals surface area contributed by atoms with Crippen molar-refractivity contribution in [2.24, 2.45) is 11.1 Å². The molecule has 3 heteroatoms. The van der Waals surface area contributed by atoms with Gasteiger partial charge in [-0.25, -0.2) is 4.98 Å². The van der Waals surface area contributed by atoms with Crippen LogP contribution in [0, 0.1) is 12.3 Å². The van der Waals surface area contributed by atoms with Gasteiger partial charge >= 0.3 is 0 Å². The first-order valence-electron chi connectivity index (χ1n) is 5.84. The van der Waals surface area contributed by atoms with E-state index >= 15 is 0 Å². The van der Waals surface area contributed by atoms with Crippen LogP contribution in [-0.4, -0.2) is 17.6 Å². The van der Waals surface area contributed by atoms with E-state index in [1.54, 1.807) is 0 Å². The molecule has 0 aliphatic carbocycles. The molecule has 0 radical (unpaired) electrons. The molecule has 1 aromatic rings. The molecule has 1 atom stereocenters. The first kappa shape index (κ1) is 13.0. The van der Waals surface area contributed by atoms with Gasteiger partial charge in [-0.15, -0.1) is 0 Å². The summed E-state index contributed by atoms with van der Waals surface area (Å²) in [6.07, 6.45) is 0.957. The Morgan fingerprint density at radius 1 is 1.38 bits per heavy atom. The number of aryl methyl sites for hydroxylation is 1. The molecule has 0 spiro atoms. The van der Waals surface area contributed by atoms with Crippen LogP contribution in [0.4, 0.5) is 5.82 Å². The molecule has 0 saturated heterocycles. The minimum absolute atomic E-state index is 0.185. The van der Waals surface area contributed by atoms with Crippen LogP contribution in [0.15, 0.2) is 18.2 Å². The minimum Gasteiger partial charge on any atom is -0.367 e. The normalized spacial score (nSPS) is 13.6. The highest BCUT2D eigenvalue weighted by Crippen LogP contribution is 2.24. The minimum atomic E-state index is 0.185. The van der Waals surface area contributed by atoms with Crippen LogP contribution in [0.2, 0.25) is 0 Å². The van der Waals surface area contributed by atoms with Gasteiger partial charge in [-0.2, -0.15) is 0 Å². The van der Waals surface area contributed by atoms with Crippen molar-refractivity contribution < 1.29 is 0 Å². The summed E-state index contributed by atoms with van der Waals surface area (Å²) in [6, 6.07) is 6.38. The number of hydrogen-bond acceptors (Lipinski definition) is 3. The van der Waals surface area contributed by atoms with Gasteiger partial charge in [0.25, 0.3) is 0 Å². The molecule has 0 aliphatic heterocycles. The number of nitrogens with zero attached hydrogens (tertiary/aromatic N) is 1. The Hall–Kier alpha value is -1.09. The van der Waals surface area contributed by atoms with Crippen LogP contribution in [0.5, 0.6) is 0 Å². The maximum absolute atomic E-state index is 5.65. The van der Waals surface area contributed by atoms with E-state index in [1.165, 1.54) is 0 Å². The van der Waals surface area contributed by atoms with Crippen molar-refractivity contribution in [1.82, 2.24) is 4.98 Å². The predicted molar refractivity (Wildman–Crippen MR) is 69.5 cm³/mol. The van der Waals surface area contributed by atoms with Crippen molar-refractivity contribution >= 4 is 5.82 Å². The summed E-state index contributed by atoms with van der Waals surface area (Å²) in [4.78, 5) is 4.46. The average Bonchev–Trinajstić information content (AvgIpc) is 2.16. The summed E-state index contributed by atoms with van der Waals surface area (Å²) >= 11 is 0. The molecule has 0 aromatic carbocycles. The van der Waals surface area contributed by atoms with E-state index in [2.05, 4.69) is 31.1 Å². The fraction of sp³-hybridized carbons (Fsp3) is 0.615. The Balaban J connectivity index is 2.76. The third-order valence-corrected chi connectivity index (χ3v) is 2.71. The van der Waals surface area contributed by atoms with Gasteiger partial charge in [0.2, 0.25) is 0 Å². The van der Waals surface area contributed by atoms with Gasteiger partial charge in [-0.05, 0) is 37.4 Å². The lowest BCUT2D eigenvalue weighted by atomic mass is 9.85. The molecule has 0 bridgehead atoms. The summed E-state index contributed by atoms with van der Waals surface area (Å²) in [5.74, 6) is 0.938. The third-order valence-electron chi connectivity index (χ3n) is 2.71. The van der Waals surface area contributed by atoms with Crippen molar-refractivity contribution in [2.75, 3.05) is 11.9 Å². The van der Waals surface area contributed by atoms with Crippen LogP contribution >= 0.6 is 0 Å². The highest BCUT2D eigenvalue weighted by atomic mass is 15.0. The van der Waals surface area contributed by atoms with Crippen LogP contribution in [0.1, 0.15) is 32.9 Å². The maximum Gasteiger partial charge on any atom is 0.126 e. The lowest BCUT2D eigenvalue weighted by Gasteiger charge is -2.31. The Kier molecular flexibility index (Phi) is 4.30. The molecule has 3 N–H and O–H groups in total. The topological polar surface area (TPSA) is 50.9 Å². The number of rotatable bonds is 4. The Morgan fingerprint density at radius 2 is 2.06 bits per heavy atom. The van der Waals surface area contributed by atoms with E-state index in [9.17, 15) is 0 Å². The number of anilines is 1. The highest BCUT2D eigenvalue weighted by Gasteiger charge is 2.23. The second-order valence-electron chi connectivity index (χ2n) is 5.30. The maximum atomic E-state index is 5.65. The van der Waals surface area contributed by atoms with Gasteiger partial charge in [0.1, 0.15) is 5.82 Å². The number of nitrogens with one attached hydrogen (secondary N) is 1. The van der Waals surface area contributed by atoms with Crippen molar-refractivity contribution in [2.45, 2.75) is 40.2 Å². The zero-order chi connectivity index (χ0) is 12.2. The Morgan fingerprint density at radius 3 is 2.56 bits per heavy atom. The zero-order valence-electron chi connectivity index (χ0n) is 10.7. The quantitative estimate of drug-likeness (QED) is 0.821. The number of aromatic nitrogens is 1. The van der Waals surface area contributed by atoms with E-state index in [0.717, 1.165) is 17.9 Å². The predicted octanol–water partition coefficient (Wildman–Crippen LogP) is 2.57. The summed E-state index contributed by atoms with van der Waals surface area (Å²) in [5.41, 5.74) is 6.87. The molecule has 1 heterocycles. The van der Waals surface area contributed by atoms with Crippen molar-refractivity contribution in [1.29, 1.82) is 0 Å². The molecule has 1 aromatic heterocycles. The van der Waals surface area contributed by atoms with Crippen molar-refractivity contribution in [3.8, 4) is 0 Å². The molecule has 0 amide bonds. The molecule has 0 saturated carbocycles. The van der Waals surface area contributed by atoms with Crippen LogP contribution in [0.3, 0.4) is 0 Å². The number of nitrogens with two attached hydrogens (primary N) is 1. The van der Waals surface area contributed by atoms with Gasteiger partial charge in [-0.1, -0.05) is 26.8 Å². The summed E-state index contributed by atoms with van der Waals surface area (Å²) in [5, 5.41) is 3.47. The zero-order valence-corrected chi connectivity index (χ0v) is 10.7. The molecule has 0 fully saturated rings. The standard InChI is InChI=1S/C13H23N3/c1-10-6-5-7-12(15-10)16-11(8-9-14)13(2,3)4/h5-7,11H,8-9,14H2,1-4H3,(H,15,16). The highest BCUT2D eigenvalue weighted by molar-refractivity contribution is 5.36. The molecule has 16 heavy (non-hydrogen) atoms. The van der Waals surface area contributed by atoms with Gasteiger partial charge in [0.05, 0.1) is 0 Å². The largest absolute Gasteiger partial charge is 0.367 e. The molecule has 1 unspecified atom stereocenters. The van der Waals surface area contributed by atoms with E-state index in [0.29, 0.717) is 12.6 Å². The summed E-state index contributed by atoms with van der Waals surface area (Å²) < 4.78 is 0. The monoisotopic (exact) mass is 221 g/mol. The van der Waals surface area contributed by atoms with Gasteiger partial charge in [0, 0.05) is 11.7 Å². The fourth-order valence-corrected chi connectivity index (χ4v) is 1.69. The van der Waals surface area contributed by atoms with Gasteiger partial charge < -0.3 is 11.1 Å². The van der Waals surface area contributed by atoms with E-state index in [1.807, 2.05) is 25.1 Å². The second kappa shape index (κ2) is 5.30. The average molecular weight is 221 g/mol. The van der Waals surface area contributed by atoms with Crippen LogP contribution < -0.4 is 11.1 Å². The molecule has 3 nitrogen and oxygen atoms in total. The first-order chi connectivity index (χ1) is 7.43. The number of hydrogen-bond donors (Lipinski definition) is 2. The van der Waals surface area contributed by atoms with Gasteiger partial charge in [-0.3, -0.25) is 0 Å². The summed E-state index contributed by atoms with van der Waals surface area (Å²) in [7, 11) is 0. The first-order valence-corrected chi connectivity index (χ1v) is 5.84. The molecule has 1 rings (SSSR count). The smallest absolute Gasteiger partial charge is 0.126 e. The SMILES string of the molecule is Cc1cccc(NC(CCN)C(C)(C)C)n1. The van der Waals surface area contributed by atoms with E-state index < -0.39 is 0 Å².